The lowest BCUT2D eigenvalue weighted by molar-refractivity contribution is -0.149. The number of nitrogens with two attached hydrogens (primary N) is 5. The lowest BCUT2D eigenvalue weighted by Crippen LogP contribution is -2.62. The van der Waals surface area contributed by atoms with Crippen molar-refractivity contribution in [2.75, 3.05) is 71.4 Å². The van der Waals surface area contributed by atoms with Gasteiger partial charge in [0.2, 0.25) is 100 Å². The van der Waals surface area contributed by atoms with E-state index in [2.05, 4.69) is 63.1 Å². The largest absolute Gasteiger partial charge is 0.508 e. The smallest absolute Gasteiger partial charge is 0.305 e. The van der Waals surface area contributed by atoms with Gasteiger partial charge >= 0.3 is 5.97 Å². The number of carbonyl (C=O) groups is 18. The Bertz CT molecular complexity index is 4890. The molecule has 42 nitrogen and oxygen atoms in total. The summed E-state index contributed by atoms with van der Waals surface area (Å²) >= 11 is 0.766. The van der Waals surface area contributed by atoms with Crippen LogP contribution in [0, 0.1) is 0 Å². The molecule has 3 aromatic carbocycles. The van der Waals surface area contributed by atoms with Gasteiger partial charge in [-0.15, -0.1) is 11.8 Å². The number of nitrogens with zero attached hydrogens (tertiary/aromatic N) is 5. The van der Waals surface area contributed by atoms with Crippen LogP contribution in [0.5, 0.6) is 5.75 Å². The molecule has 129 heavy (non-hydrogen) atoms. The number of primary amides is 2. The Labute approximate surface area is 748 Å². The molecule has 17 amide bonds. The Balaban J connectivity index is 1.07. The first-order valence-electron chi connectivity index (χ1n) is 43.5. The van der Waals surface area contributed by atoms with E-state index in [1.807, 2.05) is 13.8 Å². The predicted octanol–water partition coefficient (Wildman–Crippen LogP) is -3.89. The molecule has 9 rings (SSSR count). The summed E-state index contributed by atoms with van der Waals surface area (Å²) in [5.41, 5.74) is 32.4. The van der Waals surface area contributed by atoms with Gasteiger partial charge in [0.25, 0.3) is 0 Å². The molecule has 24 N–H and O–H groups in total. The van der Waals surface area contributed by atoms with Crippen molar-refractivity contribution >= 4 is 140 Å². The monoisotopic (exact) mass is 1810 g/mol. The highest BCUT2D eigenvalue weighted by atomic mass is 32.2. The van der Waals surface area contributed by atoms with E-state index in [-0.39, 0.29) is 109 Å². The van der Waals surface area contributed by atoms with Crippen LogP contribution in [-0.4, -0.2) is 307 Å². The van der Waals surface area contributed by atoms with E-state index in [0.717, 1.165) is 31.4 Å². The summed E-state index contributed by atoms with van der Waals surface area (Å²) in [4.78, 5) is 272. The fraction of sp³-hybridized carbons (Fsp3) is 0.535. The average molecular weight is 1810 g/mol. The number of carbonyl (C=O) groups excluding carboxylic acids is 17. The second-order valence-electron chi connectivity index (χ2n) is 32.7. The van der Waals surface area contributed by atoms with E-state index >= 15 is 28.8 Å². The number of amides is 17. The van der Waals surface area contributed by atoms with Crippen LogP contribution in [0.1, 0.15) is 133 Å². The lowest BCUT2D eigenvalue weighted by atomic mass is 10.00. The number of phenolic OH excluding ortho intramolecular Hbond substituents is 1. The predicted molar refractivity (Wildman–Crippen MR) is 472 cm³/mol. The third-order valence-electron chi connectivity index (χ3n) is 23.6. The molecule has 4 saturated heterocycles. The number of para-hydroxylation sites is 2. The number of carboxylic acid groups (broad SMARTS) is 1. The summed E-state index contributed by atoms with van der Waals surface area (Å²) in [7, 11) is 2.72. The molecule has 6 heterocycles. The molecule has 0 aliphatic carbocycles. The molecular weight excluding hydrogens is 1690 g/mol. The first-order valence-corrected chi connectivity index (χ1v) is 44.6. The molecule has 0 spiro atoms. The van der Waals surface area contributed by atoms with Crippen molar-refractivity contribution in [1.82, 2.24) is 87.6 Å². The molecule has 0 saturated carbocycles. The number of rotatable bonds is 24. The van der Waals surface area contributed by atoms with E-state index in [4.69, 9.17) is 28.7 Å². The molecule has 0 radical (unpaired) electrons. The highest BCUT2D eigenvalue weighted by Gasteiger charge is 2.46. The zero-order chi connectivity index (χ0) is 93.9. The number of thioether (sulfide) groups is 1. The first kappa shape index (κ1) is 100.0. The van der Waals surface area contributed by atoms with E-state index in [9.17, 15) is 67.7 Å². The second kappa shape index (κ2) is 47.9. The number of unbranched alkanes of at least 4 members (excludes halogenated alkanes) is 2. The molecule has 4 fully saturated rings. The van der Waals surface area contributed by atoms with Crippen LogP contribution in [-0.2, 0) is 106 Å². The number of benzene rings is 3. The number of aliphatic carboxylic acids is 1. The molecule has 5 aromatic rings. The van der Waals surface area contributed by atoms with Crippen molar-refractivity contribution in [1.29, 1.82) is 0 Å². The highest BCUT2D eigenvalue weighted by molar-refractivity contribution is 8.00. The number of likely N-dealkylation sites (N-methyl/N-ethyl adjacent to an activating group) is 2. The maximum Gasteiger partial charge on any atom is 0.305 e. The molecule has 4 aliphatic rings. The normalized spacial score (nSPS) is 25.2. The van der Waals surface area contributed by atoms with Crippen LogP contribution in [0.2, 0.25) is 0 Å². The Hall–Kier alpha value is -12.8. The van der Waals surface area contributed by atoms with Gasteiger partial charge in [0.05, 0.1) is 18.7 Å². The van der Waals surface area contributed by atoms with Crippen molar-refractivity contribution in [2.45, 2.75) is 220 Å². The average Bonchev–Trinajstić information content (AvgIpc) is 1.77. The third kappa shape index (κ3) is 26.9. The summed E-state index contributed by atoms with van der Waals surface area (Å²) in [6, 6.07) is -1.51. The number of hydrogen-bond acceptors (Lipinski definition) is 23. The number of hydrogen-bond donors (Lipinski definition) is 19. The van der Waals surface area contributed by atoms with Crippen LogP contribution in [0.4, 0.5) is 0 Å². The van der Waals surface area contributed by atoms with Crippen molar-refractivity contribution in [2.24, 2.45) is 28.7 Å². The summed E-state index contributed by atoms with van der Waals surface area (Å²) in [5, 5.41) is 47.9. The summed E-state index contributed by atoms with van der Waals surface area (Å²) in [6.45, 7) is 1.18. The van der Waals surface area contributed by atoms with Crippen molar-refractivity contribution in [3.05, 3.63) is 102 Å². The number of fused-ring (bicyclic) bond motifs is 5. The maximum absolute atomic E-state index is 15.7. The summed E-state index contributed by atoms with van der Waals surface area (Å²) in [5.74, 6) is -18.3. The number of H-pyrrole nitrogens is 2. The van der Waals surface area contributed by atoms with Gasteiger partial charge in [-0.3, -0.25) is 86.3 Å². The zero-order valence-electron chi connectivity index (χ0n) is 72.7. The number of aromatic hydroxyl groups is 1. The van der Waals surface area contributed by atoms with E-state index < -0.39 is 241 Å². The maximum atomic E-state index is 15.7. The Morgan fingerprint density at radius 2 is 0.907 bits per heavy atom. The van der Waals surface area contributed by atoms with Crippen molar-refractivity contribution < 1.29 is 96.5 Å². The molecule has 43 heteroatoms. The standard InChI is InChI=1S/C86H120N22O20S/c1-5-7-20-64-78(120)101-62(41-89)77(119)103-63(73(115)94-44-70(91)111)45-129-46-71(112)95-58(36-47-25-27-50(109)28-26-47)84(126)107-34-14-23-66(107)80(122)100-60(39-72(113)114)85(127)108-35-15-24-67(108)81(123)102-61(40-88)76(118)97-56(29-30-69(90)110)83(125)106-33-13-22-65(106)79(121)98-57(37-48-42-92-53-18-11-9-16-51(48)53)75(117)96-55(31-32-87)74(116)99-59(38-49-43-93-54-19-12-10-17-52(49)54)82(124)105(4)68(21-8-6-2)86(128)104(64)3/h9-12,16-19,25-28,42-43,55-68,92-93,109H,5-8,13-15,20-24,29-41,44-46,87-89H2,1-4H3,(H2,90,110)(H2,91,111)(H,94,115)(H,95,112)(H,96,117)(H,97,118)(H,98,121)(H,99,116)(H,100,122)(H,101,120)(H,102,123)(H,103,119)(H,113,114)/t55-,56-,57-,58-,59-,60?,61-,62-,63-,64-,65-,66-,67-,68-/m0/s1. The van der Waals surface area contributed by atoms with Crippen molar-refractivity contribution in [3.8, 4) is 5.75 Å². The van der Waals surface area contributed by atoms with Crippen LogP contribution >= 0.6 is 11.8 Å². The summed E-state index contributed by atoms with van der Waals surface area (Å²) < 4.78 is 0. The van der Waals surface area contributed by atoms with Gasteiger partial charge in [0.1, 0.15) is 90.3 Å². The highest BCUT2D eigenvalue weighted by Crippen LogP contribution is 2.28. The van der Waals surface area contributed by atoms with Gasteiger partial charge in [0, 0.05) is 112 Å². The molecule has 14 atom stereocenters. The van der Waals surface area contributed by atoms with E-state index in [0.29, 0.717) is 64.2 Å². The quantitative estimate of drug-likeness (QED) is 0.0281. The van der Waals surface area contributed by atoms with E-state index in [1.54, 1.807) is 60.9 Å². The molecule has 700 valence electrons. The van der Waals surface area contributed by atoms with Gasteiger partial charge < -0.3 is 127 Å². The number of carboxylic acids is 1. The van der Waals surface area contributed by atoms with Gasteiger partial charge in [-0.2, -0.15) is 0 Å². The fourth-order valence-electron chi connectivity index (χ4n) is 16.6. The third-order valence-corrected chi connectivity index (χ3v) is 24.6. The van der Waals surface area contributed by atoms with Gasteiger partial charge in [-0.05, 0) is 112 Å². The SMILES string of the molecule is CCCC[C@H]1C(=O)N(C)[C@@H](CCCC)C(=O)N[C@@H](CN)C(=O)N[C@H](C(=O)NCC(N)=O)CSCC(=O)N[C@@H](Cc2ccc(O)cc2)C(=O)N2CCC[C@H]2C(=O)NC(CC(=O)O)C(=O)N2CCC[C@H]2C(=O)N[C@@H](CN)C(=O)N[C@@H](CCC(N)=O)C(=O)N2CCC[C@H]2C(=O)N[C@@H](Cc2c[nH]c3ccccc23)C(=O)N[C@@H](CCN)C(=O)N[C@@H](Cc2c[nH]c3ccccc23)C(=O)N1C. The van der Waals surface area contributed by atoms with Gasteiger partial charge in [0.15, 0.2) is 0 Å². The minimum Gasteiger partial charge on any atom is -0.508 e. The zero-order valence-corrected chi connectivity index (χ0v) is 73.6. The summed E-state index contributed by atoms with van der Waals surface area (Å²) in [6.07, 6.45) is 2.60. The van der Waals surface area contributed by atoms with Crippen LogP contribution in [0.15, 0.2) is 85.2 Å². The first-order chi connectivity index (χ1) is 61.7. The van der Waals surface area contributed by atoms with Crippen molar-refractivity contribution in [3.63, 3.8) is 0 Å². The van der Waals surface area contributed by atoms with Crippen LogP contribution in [0.3, 0.4) is 0 Å². The lowest BCUT2D eigenvalue weighted by Gasteiger charge is -2.36. The van der Waals surface area contributed by atoms with Crippen LogP contribution in [0.25, 0.3) is 21.8 Å². The molecule has 1 unspecified atom stereocenters. The minimum atomic E-state index is -1.88. The molecule has 4 aliphatic heterocycles. The van der Waals surface area contributed by atoms with Gasteiger partial charge in [-0.1, -0.05) is 88.1 Å². The topological polar surface area (TPSA) is 646 Å². The molecular formula is C86H120N22O20S. The Morgan fingerprint density at radius 1 is 0.465 bits per heavy atom. The fourth-order valence-corrected chi connectivity index (χ4v) is 17.4. The Kier molecular flexibility index (Phi) is 37.1. The van der Waals surface area contributed by atoms with Crippen LogP contribution < -0.4 is 81.8 Å². The molecule has 0 bridgehead atoms. The number of aromatic nitrogens is 2. The van der Waals surface area contributed by atoms with E-state index in [1.165, 1.54) is 43.3 Å². The number of aromatic amines is 2. The van der Waals surface area contributed by atoms with Gasteiger partial charge in [-0.25, -0.2) is 0 Å². The molecule has 2 aromatic heterocycles. The second-order valence-corrected chi connectivity index (χ2v) is 33.8. The minimum absolute atomic E-state index is 0.00315. The number of phenols is 1. The Morgan fingerprint density at radius 3 is 1.43 bits per heavy atom. The number of nitrogens with one attached hydrogen (secondary N) is 12.